The fraction of sp³-hybridized carbons (Fsp3) is 0.105. The van der Waals surface area contributed by atoms with E-state index in [4.69, 9.17) is 32.7 Å². The molecule has 0 radical (unpaired) electrons. The summed E-state index contributed by atoms with van der Waals surface area (Å²) in [5, 5.41) is 3.41. The number of benzene rings is 2. The highest BCUT2D eigenvalue weighted by atomic mass is 35.5. The highest BCUT2D eigenvalue weighted by molar-refractivity contribution is 6.36. The van der Waals surface area contributed by atoms with Gasteiger partial charge in [-0.25, -0.2) is 4.98 Å². The van der Waals surface area contributed by atoms with Crippen molar-refractivity contribution in [2.45, 2.75) is 6.54 Å². The van der Waals surface area contributed by atoms with Crippen molar-refractivity contribution in [3.63, 3.8) is 0 Å². The standard InChI is InChI=1S/C19H13Cl2N3O4/c20-12-2-3-14(13(21)6-12)23-18(25)8-24-9-22-15(7-19(24)26)11-1-4-16-17(5-11)28-10-27-16/h1-7,9H,8,10H2,(H,23,25). The van der Waals surface area contributed by atoms with E-state index in [0.717, 1.165) is 0 Å². The first-order chi connectivity index (χ1) is 13.5. The highest BCUT2D eigenvalue weighted by Crippen LogP contribution is 2.35. The molecule has 1 amide bonds. The van der Waals surface area contributed by atoms with E-state index >= 15 is 0 Å². The molecule has 1 aliphatic rings. The highest BCUT2D eigenvalue weighted by Gasteiger charge is 2.15. The lowest BCUT2D eigenvalue weighted by atomic mass is 10.1. The molecular formula is C19H13Cl2N3O4. The maximum atomic E-state index is 12.4. The summed E-state index contributed by atoms with van der Waals surface area (Å²) in [7, 11) is 0. The number of carbonyl (C=O) groups excluding carboxylic acids is 1. The molecule has 0 saturated heterocycles. The number of nitrogens with zero attached hydrogens (tertiary/aromatic N) is 2. The Labute approximate surface area is 169 Å². The number of ether oxygens (including phenoxy) is 2. The molecule has 1 aromatic heterocycles. The first-order valence-corrected chi connectivity index (χ1v) is 8.96. The lowest BCUT2D eigenvalue weighted by Gasteiger charge is -2.09. The molecule has 0 atom stereocenters. The van der Waals surface area contributed by atoms with E-state index in [1.54, 1.807) is 30.3 Å². The molecule has 0 aliphatic carbocycles. The minimum Gasteiger partial charge on any atom is -0.454 e. The molecule has 0 saturated carbocycles. The topological polar surface area (TPSA) is 82.5 Å². The van der Waals surface area contributed by atoms with Crippen molar-refractivity contribution in [1.29, 1.82) is 0 Å². The Kier molecular flexibility index (Phi) is 4.93. The zero-order valence-electron chi connectivity index (χ0n) is 14.3. The Morgan fingerprint density at radius 1 is 1.11 bits per heavy atom. The van der Waals surface area contributed by atoms with Crippen LogP contribution in [-0.2, 0) is 11.3 Å². The van der Waals surface area contributed by atoms with Gasteiger partial charge in [0.15, 0.2) is 11.5 Å². The minimum atomic E-state index is -0.413. The number of hydrogen-bond donors (Lipinski definition) is 1. The Bertz CT molecular complexity index is 1130. The third-order valence-electron chi connectivity index (χ3n) is 4.07. The second-order valence-corrected chi connectivity index (χ2v) is 6.82. The third kappa shape index (κ3) is 3.81. The first-order valence-electron chi connectivity index (χ1n) is 8.21. The van der Waals surface area contributed by atoms with E-state index in [2.05, 4.69) is 10.3 Å². The monoisotopic (exact) mass is 417 g/mol. The van der Waals surface area contributed by atoms with Crippen molar-refractivity contribution in [2.75, 3.05) is 12.1 Å². The van der Waals surface area contributed by atoms with E-state index in [1.165, 1.54) is 23.0 Å². The van der Waals surface area contributed by atoms with Crippen LogP contribution < -0.4 is 20.3 Å². The van der Waals surface area contributed by atoms with E-state index in [1.807, 2.05) is 0 Å². The number of carbonyl (C=O) groups is 1. The Balaban J connectivity index is 1.50. The Hall–Kier alpha value is -3.03. The molecule has 1 aliphatic heterocycles. The molecule has 9 heteroatoms. The molecular weight excluding hydrogens is 405 g/mol. The summed E-state index contributed by atoms with van der Waals surface area (Å²) in [5.74, 6) is 0.835. The van der Waals surface area contributed by atoms with Crippen LogP contribution in [0.15, 0.2) is 53.6 Å². The van der Waals surface area contributed by atoms with Crippen LogP contribution >= 0.6 is 23.2 Å². The molecule has 2 aromatic carbocycles. The molecule has 4 rings (SSSR count). The summed E-state index contributed by atoms with van der Waals surface area (Å²) in [5.41, 5.74) is 1.24. The van der Waals surface area contributed by atoms with E-state index in [0.29, 0.717) is 38.5 Å². The predicted molar refractivity (Wildman–Crippen MR) is 105 cm³/mol. The molecule has 28 heavy (non-hydrogen) atoms. The van der Waals surface area contributed by atoms with Crippen LogP contribution in [-0.4, -0.2) is 22.3 Å². The average molecular weight is 418 g/mol. The molecule has 7 nitrogen and oxygen atoms in total. The zero-order valence-corrected chi connectivity index (χ0v) is 15.8. The van der Waals surface area contributed by atoms with Crippen LogP contribution in [0.4, 0.5) is 5.69 Å². The van der Waals surface area contributed by atoms with Crippen LogP contribution in [0.1, 0.15) is 0 Å². The van der Waals surface area contributed by atoms with Crippen molar-refractivity contribution in [3.8, 4) is 22.8 Å². The van der Waals surface area contributed by atoms with Gasteiger partial charge in [0, 0.05) is 16.7 Å². The molecule has 1 N–H and O–H groups in total. The number of aromatic nitrogens is 2. The third-order valence-corrected chi connectivity index (χ3v) is 4.61. The summed E-state index contributed by atoms with van der Waals surface area (Å²) < 4.78 is 11.8. The van der Waals surface area contributed by atoms with Gasteiger partial charge in [0.1, 0.15) is 6.54 Å². The van der Waals surface area contributed by atoms with Crippen LogP contribution in [0.5, 0.6) is 11.5 Å². The van der Waals surface area contributed by atoms with Crippen molar-refractivity contribution < 1.29 is 14.3 Å². The second-order valence-electron chi connectivity index (χ2n) is 5.98. The van der Waals surface area contributed by atoms with Gasteiger partial charge in [0.2, 0.25) is 12.7 Å². The fourth-order valence-electron chi connectivity index (χ4n) is 2.69. The Morgan fingerprint density at radius 3 is 2.71 bits per heavy atom. The SMILES string of the molecule is O=C(Cn1cnc(-c2ccc3c(c2)OCO3)cc1=O)Nc1ccc(Cl)cc1Cl. The van der Waals surface area contributed by atoms with Crippen LogP contribution in [0.2, 0.25) is 10.0 Å². The predicted octanol–water partition coefficient (Wildman–Crippen LogP) is 3.58. The summed E-state index contributed by atoms with van der Waals surface area (Å²) in [6.45, 7) is -0.0350. The number of fused-ring (bicyclic) bond motifs is 1. The van der Waals surface area contributed by atoms with Crippen molar-refractivity contribution in [3.05, 3.63) is 69.2 Å². The quantitative estimate of drug-likeness (QED) is 0.701. The number of halogens is 2. The van der Waals surface area contributed by atoms with Gasteiger partial charge in [0.25, 0.3) is 5.56 Å². The number of hydrogen-bond acceptors (Lipinski definition) is 5. The summed E-state index contributed by atoms with van der Waals surface area (Å²) in [6, 6.07) is 11.4. The molecule has 142 valence electrons. The average Bonchev–Trinajstić information content (AvgIpc) is 3.13. The van der Waals surface area contributed by atoms with Crippen LogP contribution in [0.25, 0.3) is 11.3 Å². The van der Waals surface area contributed by atoms with Gasteiger partial charge in [-0.15, -0.1) is 0 Å². The van der Waals surface area contributed by atoms with Crippen molar-refractivity contribution in [2.24, 2.45) is 0 Å². The number of nitrogens with one attached hydrogen (secondary N) is 1. The van der Waals surface area contributed by atoms with Crippen LogP contribution in [0.3, 0.4) is 0 Å². The summed E-state index contributed by atoms with van der Waals surface area (Å²) >= 11 is 11.9. The van der Waals surface area contributed by atoms with Gasteiger partial charge in [-0.2, -0.15) is 0 Å². The lowest BCUT2D eigenvalue weighted by molar-refractivity contribution is -0.116. The van der Waals surface area contributed by atoms with E-state index in [9.17, 15) is 9.59 Å². The lowest BCUT2D eigenvalue weighted by Crippen LogP contribution is -2.27. The van der Waals surface area contributed by atoms with Gasteiger partial charge < -0.3 is 14.8 Å². The normalized spacial score (nSPS) is 12.1. The molecule has 0 fully saturated rings. The molecule has 0 bridgehead atoms. The fourth-order valence-corrected chi connectivity index (χ4v) is 3.15. The number of rotatable bonds is 4. The van der Waals surface area contributed by atoms with E-state index in [-0.39, 0.29) is 18.9 Å². The minimum absolute atomic E-state index is 0.167. The van der Waals surface area contributed by atoms with E-state index < -0.39 is 5.91 Å². The van der Waals surface area contributed by atoms with Crippen LogP contribution in [0, 0.1) is 0 Å². The smallest absolute Gasteiger partial charge is 0.254 e. The molecule has 0 spiro atoms. The zero-order chi connectivity index (χ0) is 19.7. The van der Waals surface area contributed by atoms with Crippen molar-refractivity contribution in [1.82, 2.24) is 9.55 Å². The summed E-state index contributed by atoms with van der Waals surface area (Å²) in [6.07, 6.45) is 1.32. The Morgan fingerprint density at radius 2 is 1.93 bits per heavy atom. The van der Waals surface area contributed by atoms with Gasteiger partial charge in [-0.3, -0.25) is 14.2 Å². The maximum Gasteiger partial charge on any atom is 0.254 e. The molecule has 3 aromatic rings. The first kappa shape index (κ1) is 18.3. The van der Waals surface area contributed by atoms with Gasteiger partial charge in [-0.05, 0) is 36.4 Å². The molecule has 0 unspecified atom stereocenters. The second kappa shape index (κ2) is 7.53. The van der Waals surface area contributed by atoms with Gasteiger partial charge in [-0.1, -0.05) is 23.2 Å². The van der Waals surface area contributed by atoms with Gasteiger partial charge in [0.05, 0.1) is 22.7 Å². The van der Waals surface area contributed by atoms with Gasteiger partial charge >= 0.3 is 0 Å². The number of amides is 1. The maximum absolute atomic E-state index is 12.4. The largest absolute Gasteiger partial charge is 0.454 e. The summed E-state index contributed by atoms with van der Waals surface area (Å²) in [4.78, 5) is 28.9. The van der Waals surface area contributed by atoms with Crippen molar-refractivity contribution >= 4 is 34.8 Å². The molecule has 2 heterocycles. The number of anilines is 1.